The van der Waals surface area contributed by atoms with E-state index in [2.05, 4.69) is 29.3 Å². The van der Waals surface area contributed by atoms with Crippen LogP contribution in [0, 0.1) is 29.1 Å². The number of carbonyl (C=O) groups excluding carboxylic acids is 5. The Balaban J connectivity index is 1.55. The van der Waals surface area contributed by atoms with Crippen molar-refractivity contribution in [1.82, 2.24) is 21.0 Å². The molecule has 0 spiro atoms. The van der Waals surface area contributed by atoms with Crippen molar-refractivity contribution in [1.29, 1.82) is 0 Å². The molecule has 4 rings (SSSR count). The predicted molar refractivity (Wildman–Crippen MR) is 145 cm³/mol. The monoisotopic (exact) mass is 562 g/mol. The number of Topliss-reactive ketones (excluding diaryl/α,β-unsaturated/α-hetero) is 1. The van der Waals surface area contributed by atoms with Gasteiger partial charge < -0.3 is 20.3 Å². The summed E-state index contributed by atoms with van der Waals surface area (Å²) in [6.45, 7) is 9.88. The van der Waals surface area contributed by atoms with Gasteiger partial charge in [0.05, 0.1) is 13.2 Å². The molecule has 0 aromatic carbocycles. The molecule has 40 heavy (non-hydrogen) atoms. The van der Waals surface area contributed by atoms with Crippen LogP contribution in [0.4, 0.5) is 4.79 Å². The molecule has 1 aliphatic heterocycles. The Morgan fingerprint density at radius 3 is 2.20 bits per heavy atom. The maximum absolute atomic E-state index is 14.2. The number of amides is 4. The number of ketones is 1. The minimum absolute atomic E-state index is 0.0515. The summed E-state index contributed by atoms with van der Waals surface area (Å²) in [6.07, 6.45) is 6.25. The first-order chi connectivity index (χ1) is 18.7. The second-order valence-corrected chi connectivity index (χ2v) is 13.7. The molecule has 2 unspecified atom stereocenters. The van der Waals surface area contributed by atoms with Crippen LogP contribution in [0.1, 0.15) is 86.0 Å². The summed E-state index contributed by atoms with van der Waals surface area (Å²) < 4.78 is 5.49. The lowest BCUT2D eigenvalue weighted by molar-refractivity contribution is -0.147. The summed E-state index contributed by atoms with van der Waals surface area (Å²) in [4.78, 5) is 72.2. The lowest BCUT2D eigenvalue weighted by Crippen LogP contribution is -2.60. The van der Waals surface area contributed by atoms with Gasteiger partial charge in [-0.15, -0.1) is 0 Å². The molecule has 3 N–H and O–H groups in total. The average Bonchev–Trinajstić information content (AvgIpc) is 3.73. The van der Waals surface area contributed by atoms with Gasteiger partial charge in [0.25, 0.3) is 0 Å². The summed E-state index contributed by atoms with van der Waals surface area (Å²) in [5.74, 6) is -2.13. The average molecular weight is 563 g/mol. The minimum atomic E-state index is -0.998. The van der Waals surface area contributed by atoms with Crippen molar-refractivity contribution in [3.05, 3.63) is 0 Å². The van der Waals surface area contributed by atoms with Gasteiger partial charge in [0.1, 0.15) is 17.7 Å². The van der Waals surface area contributed by atoms with Gasteiger partial charge in [-0.05, 0) is 69.1 Å². The smallest absolute Gasteiger partial charge is 0.408 e. The van der Waals surface area contributed by atoms with Crippen molar-refractivity contribution >= 4 is 29.6 Å². The Morgan fingerprint density at radius 1 is 0.975 bits per heavy atom. The molecule has 11 nitrogen and oxygen atoms in total. The van der Waals surface area contributed by atoms with Crippen LogP contribution in [0.5, 0.6) is 0 Å². The lowest BCUT2D eigenvalue weighted by atomic mass is 9.83. The number of hydroxylamine groups is 1. The Kier molecular flexibility index (Phi) is 8.82. The number of carbonyl (C=O) groups is 5. The first kappa shape index (κ1) is 30.3. The Hall–Kier alpha value is -2.69. The number of fused-ring (bicyclic) bond motifs is 1. The highest BCUT2D eigenvalue weighted by atomic mass is 16.6. The predicted octanol–water partition coefficient (Wildman–Crippen LogP) is 2.47. The molecule has 0 aromatic rings. The third kappa shape index (κ3) is 6.78. The number of likely N-dealkylation sites (tertiary alicyclic amines) is 1. The SMILES string of the molecule is CONC(=O)C(=O)C(CC1CC1)NC(=O)[C@@H]1[C@@H]2C(CN1C(=O)[C@@H](NC(=O)OC(C)(C)C)C1CCCCC1)C2(C)C. The first-order valence-electron chi connectivity index (χ1n) is 14.7. The fourth-order valence-corrected chi connectivity index (χ4v) is 6.75. The Morgan fingerprint density at radius 2 is 1.62 bits per heavy atom. The molecule has 0 bridgehead atoms. The van der Waals surface area contributed by atoms with E-state index in [4.69, 9.17) is 4.74 Å². The second-order valence-electron chi connectivity index (χ2n) is 13.7. The third-order valence-electron chi connectivity index (χ3n) is 9.14. The molecule has 5 atom stereocenters. The highest BCUT2D eigenvalue weighted by molar-refractivity contribution is 6.38. The summed E-state index contributed by atoms with van der Waals surface area (Å²) in [7, 11) is 1.24. The van der Waals surface area contributed by atoms with Crippen LogP contribution < -0.4 is 16.1 Å². The van der Waals surface area contributed by atoms with E-state index in [1.165, 1.54) is 7.11 Å². The van der Waals surface area contributed by atoms with E-state index in [0.29, 0.717) is 13.0 Å². The van der Waals surface area contributed by atoms with Crippen LogP contribution in [0.3, 0.4) is 0 Å². The van der Waals surface area contributed by atoms with Gasteiger partial charge in [-0.25, -0.2) is 10.3 Å². The Bertz CT molecular complexity index is 1010. The van der Waals surface area contributed by atoms with Crippen molar-refractivity contribution in [2.75, 3.05) is 13.7 Å². The first-order valence-corrected chi connectivity index (χ1v) is 14.7. The summed E-state index contributed by atoms with van der Waals surface area (Å²) in [5, 5.41) is 5.68. The number of rotatable bonds is 10. The molecular weight excluding hydrogens is 516 g/mol. The molecule has 224 valence electrons. The van der Waals surface area contributed by atoms with Crippen molar-refractivity contribution < 1.29 is 33.5 Å². The zero-order chi connectivity index (χ0) is 29.4. The van der Waals surface area contributed by atoms with E-state index in [0.717, 1.165) is 44.9 Å². The largest absolute Gasteiger partial charge is 0.444 e. The van der Waals surface area contributed by atoms with Crippen molar-refractivity contribution in [2.45, 2.75) is 110 Å². The fourth-order valence-electron chi connectivity index (χ4n) is 6.75. The summed E-state index contributed by atoms with van der Waals surface area (Å²) >= 11 is 0. The molecule has 11 heteroatoms. The molecule has 0 aromatic heterocycles. The number of nitrogens with one attached hydrogen (secondary N) is 3. The highest BCUT2D eigenvalue weighted by Crippen LogP contribution is 2.65. The van der Waals surface area contributed by atoms with Crippen LogP contribution in [-0.4, -0.2) is 71.9 Å². The molecule has 0 radical (unpaired) electrons. The number of ether oxygens (including phenoxy) is 1. The van der Waals surface area contributed by atoms with Crippen LogP contribution in [0.2, 0.25) is 0 Å². The number of hydrogen-bond donors (Lipinski definition) is 3. The number of piperidine rings is 1. The number of hydrogen-bond acceptors (Lipinski definition) is 7. The van der Waals surface area contributed by atoms with E-state index in [1.807, 2.05) is 5.48 Å². The van der Waals surface area contributed by atoms with E-state index in [-0.39, 0.29) is 35.0 Å². The highest BCUT2D eigenvalue weighted by Gasteiger charge is 2.69. The van der Waals surface area contributed by atoms with Crippen molar-refractivity contribution in [3.63, 3.8) is 0 Å². The van der Waals surface area contributed by atoms with E-state index < -0.39 is 47.4 Å². The lowest BCUT2D eigenvalue weighted by Gasteiger charge is -2.37. The summed E-state index contributed by atoms with van der Waals surface area (Å²) in [5.41, 5.74) is 1.19. The number of alkyl carbamates (subject to hydrolysis) is 1. The Labute approximate surface area is 236 Å². The van der Waals surface area contributed by atoms with E-state index in [1.54, 1.807) is 25.7 Å². The molecule has 3 saturated carbocycles. The van der Waals surface area contributed by atoms with Gasteiger partial charge in [0.15, 0.2) is 0 Å². The number of nitrogens with zero attached hydrogens (tertiary/aromatic N) is 1. The zero-order valence-electron chi connectivity index (χ0n) is 24.7. The van der Waals surface area contributed by atoms with Gasteiger partial charge >= 0.3 is 12.0 Å². The molecule has 4 amide bonds. The van der Waals surface area contributed by atoms with Gasteiger partial charge in [-0.2, -0.15) is 0 Å². The topological polar surface area (TPSA) is 143 Å². The molecule has 4 aliphatic rings. The maximum atomic E-state index is 14.2. The maximum Gasteiger partial charge on any atom is 0.408 e. The van der Waals surface area contributed by atoms with E-state index >= 15 is 0 Å². The molecule has 4 fully saturated rings. The molecular formula is C29H46N4O7. The van der Waals surface area contributed by atoms with Crippen molar-refractivity contribution in [3.8, 4) is 0 Å². The molecule has 3 aliphatic carbocycles. The van der Waals surface area contributed by atoms with Crippen molar-refractivity contribution in [2.24, 2.45) is 29.1 Å². The standard InChI is InChI=1S/C29H46N4O7/c1-28(2,3)40-27(38)31-21(17-10-8-7-9-11-17)26(37)33-15-18-20(29(18,4)5)22(33)24(35)30-19(14-16-12-13-16)23(34)25(36)32-39-6/h16-22H,7-15H2,1-6H3,(H,30,35)(H,31,38)(H,32,36)/t18?,19?,20-,21-,22-/m0/s1. The molecule has 1 saturated heterocycles. The van der Waals surface area contributed by atoms with Crippen LogP contribution in [0.15, 0.2) is 0 Å². The quantitative estimate of drug-likeness (QED) is 0.274. The van der Waals surface area contributed by atoms with Gasteiger partial charge in [0, 0.05) is 6.54 Å². The fraction of sp³-hybridized carbons (Fsp3) is 0.828. The van der Waals surface area contributed by atoms with Crippen LogP contribution in [0.25, 0.3) is 0 Å². The second kappa shape index (κ2) is 11.7. The normalized spacial score (nSPS) is 27.1. The van der Waals surface area contributed by atoms with Gasteiger partial charge in [-0.1, -0.05) is 46.0 Å². The van der Waals surface area contributed by atoms with Gasteiger partial charge in [0.2, 0.25) is 17.6 Å². The molecule has 1 heterocycles. The third-order valence-corrected chi connectivity index (χ3v) is 9.14. The zero-order valence-corrected chi connectivity index (χ0v) is 24.7. The minimum Gasteiger partial charge on any atom is -0.444 e. The summed E-state index contributed by atoms with van der Waals surface area (Å²) in [6, 6.07) is -2.59. The van der Waals surface area contributed by atoms with Crippen LogP contribution in [-0.2, 0) is 28.8 Å². The van der Waals surface area contributed by atoms with E-state index in [9.17, 15) is 24.0 Å². The van der Waals surface area contributed by atoms with Crippen LogP contribution >= 0.6 is 0 Å². The van der Waals surface area contributed by atoms with Gasteiger partial charge in [-0.3, -0.25) is 24.0 Å².